The first-order chi connectivity index (χ1) is 5.12. The monoisotopic (exact) mass is 238 g/mol. The van der Waals surface area contributed by atoms with Crippen molar-refractivity contribution < 1.29 is 55.5 Å². The summed E-state index contributed by atoms with van der Waals surface area (Å²) in [6, 6.07) is 0. The van der Waals surface area contributed by atoms with E-state index in [0.717, 1.165) is 0 Å². The van der Waals surface area contributed by atoms with Crippen molar-refractivity contribution in [1.82, 2.24) is 0 Å². The van der Waals surface area contributed by atoms with Gasteiger partial charge in [-0.3, -0.25) is 4.55 Å². The van der Waals surface area contributed by atoms with Crippen LogP contribution in [0.3, 0.4) is 0 Å². The molecule has 0 saturated carbocycles. The molecule has 0 aromatic rings. The minimum Gasteiger partial charge on any atom is -0.745 e. The number of rotatable bonds is 2. The first-order valence-corrected chi connectivity index (χ1v) is 5.28. The third kappa shape index (κ3) is 32.9. The molecule has 0 bridgehead atoms. The van der Waals surface area contributed by atoms with Gasteiger partial charge in [0.25, 0.3) is 10.1 Å². The van der Waals surface area contributed by atoms with Gasteiger partial charge in [0.15, 0.2) is 0 Å². The molecule has 0 aliphatic carbocycles. The van der Waals surface area contributed by atoms with Gasteiger partial charge in [-0.2, -0.15) is 8.42 Å². The third-order valence-electron chi connectivity index (χ3n) is 0.415. The molecule has 1 N–H and O–H groups in total. The van der Waals surface area contributed by atoms with Gasteiger partial charge in [0, 0.05) is 5.41 Å². The van der Waals surface area contributed by atoms with E-state index in [1.54, 1.807) is 0 Å². The Bertz CT molecular complexity index is 280. The summed E-state index contributed by atoms with van der Waals surface area (Å²) in [5.41, 5.74) is 0. The molecule has 0 heterocycles. The zero-order valence-electron chi connectivity index (χ0n) is 6.87. The maximum atomic E-state index is 9.44. The van der Waals surface area contributed by atoms with Gasteiger partial charge < -0.3 is 4.55 Å². The van der Waals surface area contributed by atoms with Gasteiger partial charge in [-0.05, 0) is 0 Å². The third-order valence-corrected chi connectivity index (χ3v) is 1.24. The van der Waals surface area contributed by atoms with E-state index in [4.69, 9.17) is 4.55 Å². The largest absolute Gasteiger partial charge is 1.00 e. The van der Waals surface area contributed by atoms with Gasteiger partial charge in [0.1, 0.15) is 10.1 Å². The second-order valence-corrected chi connectivity index (χ2v) is 4.02. The molecule has 0 aromatic carbocycles. The van der Waals surface area contributed by atoms with Crippen LogP contribution in [-0.4, -0.2) is 25.9 Å². The first kappa shape index (κ1) is 19.0. The predicted octanol–water partition coefficient (Wildman–Crippen LogP) is -3.30. The zero-order valence-corrected chi connectivity index (χ0v) is 10.5. The number of hydrogen-bond acceptors (Lipinski definition) is 5. The molecule has 0 aliphatic rings. The van der Waals surface area contributed by atoms with Crippen LogP contribution < -0.4 is 29.6 Å². The molecule has 0 rings (SSSR count). The molecule has 13 heavy (non-hydrogen) atoms. The molecule has 0 unspecified atom stereocenters. The Morgan fingerprint density at radius 3 is 1.23 bits per heavy atom. The Labute approximate surface area is 99.1 Å². The summed E-state index contributed by atoms with van der Waals surface area (Å²) in [5.74, 6) is 0. The molecular formula is C4H7NaO6S2. The molecule has 0 spiro atoms. The van der Waals surface area contributed by atoms with Crippen molar-refractivity contribution in [2.24, 2.45) is 0 Å². The van der Waals surface area contributed by atoms with E-state index in [-0.39, 0.29) is 29.6 Å². The second-order valence-electron chi connectivity index (χ2n) is 1.34. The van der Waals surface area contributed by atoms with Gasteiger partial charge in [-0.15, -0.1) is 0 Å². The maximum Gasteiger partial charge on any atom is 1.00 e. The van der Waals surface area contributed by atoms with Crippen LogP contribution in [0.1, 0.15) is 0 Å². The molecule has 6 nitrogen and oxygen atoms in total. The van der Waals surface area contributed by atoms with Crippen LogP contribution in [0.4, 0.5) is 0 Å². The van der Waals surface area contributed by atoms with Crippen molar-refractivity contribution in [3.8, 4) is 0 Å². The van der Waals surface area contributed by atoms with Crippen LogP contribution in [0.25, 0.3) is 0 Å². The quantitative estimate of drug-likeness (QED) is 0.398. The average molecular weight is 238 g/mol. The van der Waals surface area contributed by atoms with Crippen LogP contribution in [0.2, 0.25) is 0 Å². The fraction of sp³-hybridized carbons (Fsp3) is 0. The van der Waals surface area contributed by atoms with Gasteiger partial charge in [-0.1, -0.05) is 13.2 Å². The fourth-order valence-electron chi connectivity index (χ4n) is 0. The second kappa shape index (κ2) is 7.68. The average Bonchev–Trinajstić information content (AvgIpc) is 1.86. The Morgan fingerprint density at radius 2 is 1.23 bits per heavy atom. The topological polar surface area (TPSA) is 112 Å². The van der Waals surface area contributed by atoms with Crippen molar-refractivity contribution in [2.45, 2.75) is 0 Å². The Morgan fingerprint density at radius 1 is 1.08 bits per heavy atom. The molecule has 0 amide bonds. The van der Waals surface area contributed by atoms with Crippen molar-refractivity contribution in [3.63, 3.8) is 0 Å². The van der Waals surface area contributed by atoms with E-state index in [2.05, 4.69) is 13.2 Å². The molecule has 0 aliphatic heterocycles. The number of hydrogen-bond donors (Lipinski definition) is 1. The molecule has 0 atom stereocenters. The van der Waals surface area contributed by atoms with E-state index in [9.17, 15) is 21.4 Å². The van der Waals surface area contributed by atoms with E-state index in [1.165, 1.54) is 0 Å². The summed E-state index contributed by atoms with van der Waals surface area (Å²) >= 11 is 0. The van der Waals surface area contributed by atoms with E-state index < -0.39 is 20.2 Å². The van der Waals surface area contributed by atoms with Crippen molar-refractivity contribution in [3.05, 3.63) is 24.0 Å². The molecule has 0 saturated heterocycles. The Hall–Kier alpha value is 0.300. The summed E-state index contributed by atoms with van der Waals surface area (Å²) in [4.78, 5) is 0. The standard InChI is InChI=1S/2C2H4O3S.Na/c2*1-2-6(3,4)5;/h2*2H,1H2,(H,3,4,5);/q;;+1/p-1. The molecule has 72 valence electrons. The fourth-order valence-corrected chi connectivity index (χ4v) is 0. The summed E-state index contributed by atoms with van der Waals surface area (Å²) < 4.78 is 54.5. The smallest absolute Gasteiger partial charge is 0.745 e. The van der Waals surface area contributed by atoms with Crippen LogP contribution in [0, 0.1) is 0 Å². The van der Waals surface area contributed by atoms with Crippen molar-refractivity contribution >= 4 is 20.2 Å². The van der Waals surface area contributed by atoms with Gasteiger partial charge in [-0.25, -0.2) is 8.42 Å². The first-order valence-electron chi connectivity index (χ1n) is 2.30. The van der Waals surface area contributed by atoms with Gasteiger partial charge in [0.05, 0.1) is 5.41 Å². The summed E-state index contributed by atoms with van der Waals surface area (Å²) in [5, 5.41) is 0.819. The van der Waals surface area contributed by atoms with E-state index in [0.29, 0.717) is 10.8 Å². The van der Waals surface area contributed by atoms with Crippen molar-refractivity contribution in [1.29, 1.82) is 0 Å². The van der Waals surface area contributed by atoms with Crippen LogP contribution in [0.5, 0.6) is 0 Å². The van der Waals surface area contributed by atoms with Crippen LogP contribution in [-0.2, 0) is 20.2 Å². The van der Waals surface area contributed by atoms with E-state index >= 15 is 0 Å². The van der Waals surface area contributed by atoms with Crippen molar-refractivity contribution in [2.75, 3.05) is 0 Å². The molecular weight excluding hydrogens is 231 g/mol. The normalized spacial score (nSPS) is 10.0. The van der Waals surface area contributed by atoms with Crippen LogP contribution >= 0.6 is 0 Å². The predicted molar refractivity (Wildman–Crippen MR) is 41.6 cm³/mol. The molecule has 0 aromatic heterocycles. The Kier molecular flexibility index (Phi) is 11.2. The summed E-state index contributed by atoms with van der Waals surface area (Å²) in [6.07, 6.45) is 0. The summed E-state index contributed by atoms with van der Waals surface area (Å²) in [6.45, 7) is 5.53. The van der Waals surface area contributed by atoms with E-state index in [1.807, 2.05) is 0 Å². The van der Waals surface area contributed by atoms with Crippen LogP contribution in [0.15, 0.2) is 24.0 Å². The Balaban J connectivity index is -0.000000143. The minimum absolute atomic E-state index is 0. The zero-order chi connectivity index (χ0) is 10.4. The molecule has 0 radical (unpaired) electrons. The molecule has 9 heteroatoms. The molecule has 0 fully saturated rings. The maximum absolute atomic E-state index is 9.44. The SMILES string of the molecule is C=CS(=O)(=O)O.C=CS(=O)(=O)[O-].[Na+]. The van der Waals surface area contributed by atoms with Gasteiger partial charge >= 0.3 is 29.6 Å². The van der Waals surface area contributed by atoms with Gasteiger partial charge in [0.2, 0.25) is 0 Å². The summed E-state index contributed by atoms with van der Waals surface area (Å²) in [7, 11) is -8.05. The minimum atomic E-state index is -4.15.